The van der Waals surface area contributed by atoms with E-state index in [0.717, 1.165) is 23.2 Å². The van der Waals surface area contributed by atoms with Crippen LogP contribution in [0, 0.1) is 24.0 Å². The van der Waals surface area contributed by atoms with E-state index in [1.165, 1.54) is 12.1 Å². The van der Waals surface area contributed by atoms with Crippen LogP contribution in [-0.4, -0.2) is 20.2 Å². The molecule has 0 saturated carbocycles. The number of carbonyl (C=O) groups is 1. The van der Waals surface area contributed by atoms with Gasteiger partial charge in [-0.05, 0) is 37.5 Å². The Bertz CT molecular complexity index is 1010. The number of nitrogens with one attached hydrogen (secondary N) is 1. The first kappa shape index (κ1) is 17.6. The smallest absolute Gasteiger partial charge is 0.274 e. The number of aryl methyl sites for hydroxylation is 3. The van der Waals surface area contributed by atoms with Gasteiger partial charge in [0.25, 0.3) is 11.6 Å². The van der Waals surface area contributed by atoms with Gasteiger partial charge in [0.05, 0.1) is 16.3 Å². The van der Waals surface area contributed by atoms with E-state index in [0.29, 0.717) is 23.4 Å². The number of fused-ring (bicyclic) bond motifs is 1. The van der Waals surface area contributed by atoms with Gasteiger partial charge in [0.15, 0.2) is 0 Å². The van der Waals surface area contributed by atoms with Crippen LogP contribution >= 0.6 is 0 Å². The standard InChI is InChI=1S/C19H20N4O3/c1-4-5-15-18(22-11-12(2)6-9-17(22)20-15)19(24)21-16-10-14(23(25)26)8-7-13(16)3/h6-11H,4-5H2,1-3H3,(H,21,24). The first-order valence-corrected chi connectivity index (χ1v) is 8.44. The summed E-state index contributed by atoms with van der Waals surface area (Å²) in [6.07, 6.45) is 3.41. The van der Waals surface area contributed by atoms with Crippen molar-refractivity contribution in [2.24, 2.45) is 0 Å². The van der Waals surface area contributed by atoms with Crippen LogP contribution in [-0.2, 0) is 6.42 Å². The molecule has 0 aliphatic rings. The van der Waals surface area contributed by atoms with Gasteiger partial charge in [0, 0.05) is 18.3 Å². The number of rotatable bonds is 5. The van der Waals surface area contributed by atoms with Crippen molar-refractivity contribution in [1.29, 1.82) is 0 Å². The number of carbonyl (C=O) groups excluding carboxylic acids is 1. The second-order valence-corrected chi connectivity index (χ2v) is 6.30. The minimum atomic E-state index is -0.477. The highest BCUT2D eigenvalue weighted by Crippen LogP contribution is 2.24. The number of nitro groups is 1. The number of hydrogen-bond acceptors (Lipinski definition) is 4. The maximum absolute atomic E-state index is 13.0. The average molecular weight is 352 g/mol. The van der Waals surface area contributed by atoms with Crippen molar-refractivity contribution >= 4 is 22.9 Å². The zero-order valence-corrected chi connectivity index (χ0v) is 14.9. The highest BCUT2D eigenvalue weighted by atomic mass is 16.6. The summed E-state index contributed by atoms with van der Waals surface area (Å²) in [5.41, 5.74) is 4.03. The Morgan fingerprint density at radius 1 is 1.27 bits per heavy atom. The molecule has 0 fully saturated rings. The largest absolute Gasteiger partial charge is 0.320 e. The highest BCUT2D eigenvalue weighted by molar-refractivity contribution is 6.05. The van der Waals surface area contributed by atoms with E-state index < -0.39 is 4.92 Å². The normalized spacial score (nSPS) is 10.9. The SMILES string of the molecule is CCCc1nc2ccc(C)cn2c1C(=O)Nc1cc([N+](=O)[O-])ccc1C. The third kappa shape index (κ3) is 3.28. The maximum atomic E-state index is 13.0. The molecule has 134 valence electrons. The fourth-order valence-electron chi connectivity index (χ4n) is 2.89. The molecule has 3 aromatic rings. The molecular formula is C19H20N4O3. The second-order valence-electron chi connectivity index (χ2n) is 6.30. The molecule has 1 amide bonds. The summed E-state index contributed by atoms with van der Waals surface area (Å²) < 4.78 is 1.78. The first-order valence-electron chi connectivity index (χ1n) is 8.44. The molecule has 26 heavy (non-hydrogen) atoms. The number of non-ortho nitro benzene ring substituents is 1. The monoisotopic (exact) mass is 352 g/mol. The van der Waals surface area contributed by atoms with Crippen LogP contribution < -0.4 is 5.32 Å². The van der Waals surface area contributed by atoms with Gasteiger partial charge in [0.2, 0.25) is 0 Å². The fourth-order valence-corrected chi connectivity index (χ4v) is 2.89. The molecule has 7 nitrogen and oxygen atoms in total. The van der Waals surface area contributed by atoms with Crippen LogP contribution in [0.15, 0.2) is 36.5 Å². The third-order valence-electron chi connectivity index (χ3n) is 4.22. The van der Waals surface area contributed by atoms with E-state index in [2.05, 4.69) is 10.3 Å². The number of pyridine rings is 1. The van der Waals surface area contributed by atoms with Crippen molar-refractivity contribution in [3.05, 3.63) is 69.2 Å². The quantitative estimate of drug-likeness (QED) is 0.554. The zero-order chi connectivity index (χ0) is 18.8. The summed E-state index contributed by atoms with van der Waals surface area (Å²) in [5, 5.41) is 13.8. The summed E-state index contributed by atoms with van der Waals surface area (Å²) in [7, 11) is 0. The number of benzene rings is 1. The van der Waals surface area contributed by atoms with Crippen LogP contribution in [0.2, 0.25) is 0 Å². The van der Waals surface area contributed by atoms with Gasteiger partial charge < -0.3 is 5.32 Å². The molecule has 0 bridgehead atoms. The minimum Gasteiger partial charge on any atom is -0.320 e. The minimum absolute atomic E-state index is 0.0614. The van der Waals surface area contributed by atoms with E-state index in [4.69, 9.17) is 0 Å². The lowest BCUT2D eigenvalue weighted by Gasteiger charge is -2.10. The summed E-state index contributed by atoms with van der Waals surface area (Å²) in [6, 6.07) is 8.25. The summed E-state index contributed by atoms with van der Waals surface area (Å²) in [4.78, 5) is 28.1. The zero-order valence-electron chi connectivity index (χ0n) is 14.9. The van der Waals surface area contributed by atoms with Gasteiger partial charge in [-0.3, -0.25) is 19.3 Å². The lowest BCUT2D eigenvalue weighted by molar-refractivity contribution is -0.384. The van der Waals surface area contributed by atoms with Crippen LogP contribution in [0.1, 0.15) is 40.7 Å². The predicted molar refractivity (Wildman–Crippen MR) is 99.7 cm³/mol. The van der Waals surface area contributed by atoms with Crippen LogP contribution in [0.25, 0.3) is 5.65 Å². The summed E-state index contributed by atoms with van der Waals surface area (Å²) >= 11 is 0. The molecule has 2 aromatic heterocycles. The Labute approximate surface area is 150 Å². The molecule has 0 atom stereocenters. The molecule has 1 aromatic carbocycles. The van der Waals surface area contributed by atoms with E-state index in [1.54, 1.807) is 17.4 Å². The molecule has 0 radical (unpaired) electrons. The van der Waals surface area contributed by atoms with Crippen molar-refractivity contribution < 1.29 is 9.72 Å². The molecule has 0 saturated heterocycles. The maximum Gasteiger partial charge on any atom is 0.274 e. The second kappa shape index (κ2) is 6.95. The van der Waals surface area contributed by atoms with E-state index >= 15 is 0 Å². The number of imidazole rings is 1. The fraction of sp³-hybridized carbons (Fsp3) is 0.263. The van der Waals surface area contributed by atoms with Crippen molar-refractivity contribution in [3.8, 4) is 0 Å². The lowest BCUT2D eigenvalue weighted by Crippen LogP contribution is -2.17. The molecule has 2 heterocycles. The van der Waals surface area contributed by atoms with Gasteiger partial charge in [0.1, 0.15) is 11.3 Å². The number of nitrogens with zero attached hydrogens (tertiary/aromatic N) is 3. The molecule has 0 spiro atoms. The van der Waals surface area contributed by atoms with E-state index in [9.17, 15) is 14.9 Å². The van der Waals surface area contributed by atoms with Crippen molar-refractivity contribution in [2.75, 3.05) is 5.32 Å². The Morgan fingerprint density at radius 3 is 2.73 bits per heavy atom. The number of hydrogen-bond donors (Lipinski definition) is 1. The molecule has 0 aliphatic heterocycles. The third-order valence-corrected chi connectivity index (χ3v) is 4.22. The molecule has 3 rings (SSSR count). The number of nitro benzene ring substituents is 1. The number of anilines is 1. The van der Waals surface area contributed by atoms with Crippen LogP contribution in [0.4, 0.5) is 11.4 Å². The summed E-state index contributed by atoms with van der Waals surface area (Å²) in [6.45, 7) is 5.78. The molecule has 0 aliphatic carbocycles. The van der Waals surface area contributed by atoms with Crippen molar-refractivity contribution in [3.63, 3.8) is 0 Å². The lowest BCUT2D eigenvalue weighted by atomic mass is 10.1. The number of aromatic nitrogens is 2. The van der Waals surface area contributed by atoms with E-state index in [1.807, 2.05) is 32.2 Å². The van der Waals surface area contributed by atoms with Gasteiger partial charge in [-0.2, -0.15) is 0 Å². The average Bonchev–Trinajstić information content (AvgIpc) is 2.94. The summed E-state index contributed by atoms with van der Waals surface area (Å²) in [5.74, 6) is -0.324. The Kier molecular flexibility index (Phi) is 4.71. The van der Waals surface area contributed by atoms with Gasteiger partial charge in [-0.15, -0.1) is 0 Å². The highest BCUT2D eigenvalue weighted by Gasteiger charge is 2.20. The van der Waals surface area contributed by atoms with Gasteiger partial charge in [-0.25, -0.2) is 4.98 Å². The Hall–Kier alpha value is -3.22. The predicted octanol–water partition coefficient (Wildman–Crippen LogP) is 4.06. The van der Waals surface area contributed by atoms with Crippen LogP contribution in [0.5, 0.6) is 0 Å². The van der Waals surface area contributed by atoms with Crippen molar-refractivity contribution in [1.82, 2.24) is 9.38 Å². The van der Waals surface area contributed by atoms with Crippen molar-refractivity contribution in [2.45, 2.75) is 33.6 Å². The Balaban J connectivity index is 2.05. The Morgan fingerprint density at radius 2 is 2.04 bits per heavy atom. The van der Waals surface area contributed by atoms with Gasteiger partial charge >= 0.3 is 0 Å². The molecule has 0 unspecified atom stereocenters. The first-order chi connectivity index (χ1) is 12.4. The number of amides is 1. The topological polar surface area (TPSA) is 89.5 Å². The van der Waals surface area contributed by atoms with Crippen LogP contribution in [0.3, 0.4) is 0 Å². The van der Waals surface area contributed by atoms with Gasteiger partial charge in [-0.1, -0.05) is 25.5 Å². The molecular weight excluding hydrogens is 332 g/mol. The molecule has 1 N–H and O–H groups in total. The molecule has 7 heteroatoms. The van der Waals surface area contributed by atoms with E-state index in [-0.39, 0.29) is 11.6 Å².